The van der Waals surface area contributed by atoms with Crippen molar-refractivity contribution in [3.8, 4) is 28.1 Å². The van der Waals surface area contributed by atoms with Crippen LogP contribution in [-0.2, 0) is 33.5 Å². The molecule has 2 N–H and O–H groups in total. The fourth-order valence-electron chi connectivity index (χ4n) is 5.80. The minimum Gasteiger partial charge on any atom is -0.489 e. The van der Waals surface area contributed by atoms with Crippen LogP contribution >= 0.6 is 0 Å². The lowest BCUT2D eigenvalue weighted by atomic mass is 9.92. The number of esters is 1. The normalized spacial score (nSPS) is 12.7. The average Bonchev–Trinajstić information content (AvgIpc) is 3.49. The van der Waals surface area contributed by atoms with Gasteiger partial charge in [-0.05, 0) is 98.3 Å². The molecule has 1 unspecified atom stereocenters. The monoisotopic (exact) mass is 772 g/mol. The summed E-state index contributed by atoms with van der Waals surface area (Å²) in [5, 5.41) is 18.7. The number of nitrogens with one attached hydrogen (secondary N) is 1. The number of benzene rings is 2. The van der Waals surface area contributed by atoms with Gasteiger partial charge in [-0.2, -0.15) is 5.10 Å². The van der Waals surface area contributed by atoms with Crippen molar-refractivity contribution in [1.29, 1.82) is 0 Å². The molecule has 2 aromatic carbocycles. The van der Waals surface area contributed by atoms with Crippen LogP contribution in [0.15, 0.2) is 67.0 Å². The summed E-state index contributed by atoms with van der Waals surface area (Å²) in [7, 11) is -1.98. The van der Waals surface area contributed by atoms with E-state index in [0.717, 1.165) is 22.3 Å². The molecule has 1 amide bonds. The van der Waals surface area contributed by atoms with Crippen molar-refractivity contribution in [2.45, 2.75) is 118 Å². The van der Waals surface area contributed by atoms with Crippen molar-refractivity contribution < 1.29 is 33.3 Å². The van der Waals surface area contributed by atoms with Crippen LogP contribution in [0, 0.1) is 0 Å². The number of carbonyl (C=O) groups is 2. The van der Waals surface area contributed by atoms with Gasteiger partial charge in [-0.1, -0.05) is 65.0 Å². The molecule has 4 aromatic rings. The van der Waals surface area contributed by atoms with Crippen LogP contribution < -0.4 is 10.1 Å². The molecule has 2 heterocycles. The second-order valence-electron chi connectivity index (χ2n) is 16.6. The Kier molecular flexibility index (Phi) is 14.5. The third kappa shape index (κ3) is 12.0. The van der Waals surface area contributed by atoms with E-state index in [1.807, 2.05) is 36.4 Å². The van der Waals surface area contributed by atoms with Gasteiger partial charge in [0, 0.05) is 36.5 Å². The van der Waals surface area contributed by atoms with Crippen LogP contribution in [0.5, 0.6) is 5.75 Å². The smallest absolute Gasteiger partial charge is 0.407 e. The molecule has 0 saturated carbocycles. The van der Waals surface area contributed by atoms with Crippen LogP contribution in [-0.4, -0.2) is 71.7 Å². The maximum atomic E-state index is 13.5. The Morgan fingerprint density at radius 1 is 0.945 bits per heavy atom. The number of nitrogens with zero attached hydrogens (tertiary/aromatic N) is 3. The van der Waals surface area contributed by atoms with Crippen molar-refractivity contribution in [1.82, 2.24) is 20.1 Å². The predicted octanol–water partition coefficient (Wildman–Crippen LogP) is 8.94. The lowest BCUT2D eigenvalue weighted by Gasteiger charge is -2.36. The molecule has 55 heavy (non-hydrogen) atoms. The summed E-state index contributed by atoms with van der Waals surface area (Å²) in [4.78, 5) is 30.1. The van der Waals surface area contributed by atoms with Crippen molar-refractivity contribution in [2.75, 3.05) is 19.8 Å². The zero-order valence-corrected chi connectivity index (χ0v) is 35.5. The topological polar surface area (TPSA) is 134 Å². The van der Waals surface area contributed by atoms with Crippen LogP contribution in [0.3, 0.4) is 0 Å². The number of aliphatic hydroxyl groups is 1. The largest absolute Gasteiger partial charge is 0.489 e. The molecule has 4 rings (SSSR count). The quantitative estimate of drug-likeness (QED) is 0.0846. The van der Waals surface area contributed by atoms with Crippen molar-refractivity contribution >= 4 is 20.4 Å². The fraction of sp³-hybridized carbons (Fsp3) is 0.488. The Bertz CT molecular complexity index is 1880. The van der Waals surface area contributed by atoms with Crippen molar-refractivity contribution in [3.63, 3.8) is 0 Å². The third-order valence-corrected chi connectivity index (χ3v) is 14.1. The number of aliphatic hydroxyl groups excluding tert-OH is 1. The standard InChI is InChI=1S/C43H60N4O7Si/c1-12-51-40(49)39-37(38(32-19-21-44-22-20-32)46-47(39)24-23-45-41(50)54-42(4,5)6)31-14-16-35(17-15-31)52-27-30-13-18-36(29(2)3)33(25-30)26-34(48)28-53-55(10,11)43(7,8)9/h13-22,25,29,34,48H,12,23-24,26-28H2,1-11H3,(H,45,50). The number of hydrogen-bond acceptors (Lipinski definition) is 9. The number of rotatable bonds is 16. The van der Waals surface area contributed by atoms with Gasteiger partial charge in [0.2, 0.25) is 0 Å². The highest BCUT2D eigenvalue weighted by atomic mass is 28.4. The van der Waals surface area contributed by atoms with E-state index in [0.29, 0.717) is 42.6 Å². The molecule has 298 valence electrons. The Morgan fingerprint density at radius 3 is 2.22 bits per heavy atom. The number of amides is 1. The van der Waals surface area contributed by atoms with Crippen LogP contribution in [0.1, 0.15) is 95.4 Å². The number of alkyl carbamates (subject to hydrolysis) is 1. The number of hydrogen-bond donors (Lipinski definition) is 2. The summed E-state index contributed by atoms with van der Waals surface area (Å²) in [6.45, 7) is 23.7. The first-order chi connectivity index (χ1) is 25.8. The first kappa shape index (κ1) is 43.2. The van der Waals surface area contributed by atoms with Gasteiger partial charge in [0.15, 0.2) is 14.0 Å². The summed E-state index contributed by atoms with van der Waals surface area (Å²) in [6.07, 6.45) is 2.67. The maximum Gasteiger partial charge on any atom is 0.407 e. The van der Waals surface area contributed by atoms with Gasteiger partial charge in [-0.15, -0.1) is 0 Å². The van der Waals surface area contributed by atoms with Gasteiger partial charge in [0.25, 0.3) is 0 Å². The van der Waals surface area contributed by atoms with Gasteiger partial charge in [0.05, 0.1) is 25.9 Å². The molecular formula is C43H60N4O7Si. The molecule has 11 nitrogen and oxygen atoms in total. The second-order valence-corrected chi connectivity index (χ2v) is 21.4. The first-order valence-electron chi connectivity index (χ1n) is 19.1. The summed E-state index contributed by atoms with van der Waals surface area (Å²) in [5.74, 6) is 0.423. The Morgan fingerprint density at radius 2 is 1.62 bits per heavy atom. The molecule has 0 spiro atoms. The van der Waals surface area contributed by atoms with Crippen LogP contribution in [0.25, 0.3) is 22.4 Å². The molecule has 0 fully saturated rings. The van der Waals surface area contributed by atoms with E-state index in [-0.39, 0.29) is 30.4 Å². The van der Waals surface area contributed by atoms with Gasteiger partial charge in [-0.25, -0.2) is 9.59 Å². The Labute approximate surface area is 327 Å². The highest BCUT2D eigenvalue weighted by Gasteiger charge is 2.37. The fourth-order valence-corrected chi connectivity index (χ4v) is 6.84. The average molecular weight is 773 g/mol. The molecule has 0 radical (unpaired) electrons. The number of ether oxygens (including phenoxy) is 3. The summed E-state index contributed by atoms with van der Waals surface area (Å²) < 4.78 is 25.0. The zero-order chi connectivity index (χ0) is 40.6. The molecule has 0 aliphatic carbocycles. The maximum absolute atomic E-state index is 13.5. The van der Waals surface area contributed by atoms with E-state index in [2.05, 4.69) is 76.2 Å². The van der Waals surface area contributed by atoms with E-state index < -0.39 is 32.1 Å². The number of carbonyl (C=O) groups excluding carboxylic acids is 2. The van der Waals surface area contributed by atoms with Gasteiger partial charge < -0.3 is 29.1 Å². The van der Waals surface area contributed by atoms with E-state index in [1.165, 1.54) is 5.56 Å². The zero-order valence-electron chi connectivity index (χ0n) is 34.5. The summed E-state index contributed by atoms with van der Waals surface area (Å²) >= 11 is 0. The van der Waals surface area contributed by atoms with Crippen LogP contribution in [0.2, 0.25) is 18.1 Å². The lowest BCUT2D eigenvalue weighted by Crippen LogP contribution is -2.42. The van der Waals surface area contributed by atoms with Gasteiger partial charge >= 0.3 is 12.1 Å². The predicted molar refractivity (Wildman–Crippen MR) is 219 cm³/mol. The highest BCUT2D eigenvalue weighted by molar-refractivity contribution is 6.74. The molecule has 0 aliphatic rings. The Balaban J connectivity index is 1.57. The van der Waals surface area contributed by atoms with Gasteiger partial charge in [0.1, 0.15) is 23.7 Å². The lowest BCUT2D eigenvalue weighted by molar-refractivity contribution is 0.0512. The summed E-state index contributed by atoms with van der Waals surface area (Å²) in [6, 6.07) is 17.5. The molecular weight excluding hydrogens is 713 g/mol. The molecule has 0 saturated heterocycles. The van der Waals surface area contributed by atoms with Crippen molar-refractivity contribution in [3.05, 3.63) is 89.4 Å². The van der Waals surface area contributed by atoms with Crippen molar-refractivity contribution in [2.24, 2.45) is 0 Å². The molecule has 0 bridgehead atoms. The van der Waals surface area contributed by atoms with E-state index in [4.69, 9.17) is 23.7 Å². The number of pyridine rings is 1. The Hall–Kier alpha value is -4.52. The van der Waals surface area contributed by atoms with Gasteiger partial charge in [-0.3, -0.25) is 9.67 Å². The first-order valence-corrected chi connectivity index (χ1v) is 22.0. The molecule has 12 heteroatoms. The minimum absolute atomic E-state index is 0.0699. The SMILES string of the molecule is CCOC(=O)c1c(-c2ccc(OCc3ccc(C(C)C)c(CC(O)CO[Si](C)(C)C(C)(C)C)c3)cc2)c(-c2ccncc2)nn1CCNC(=O)OC(C)(C)C. The third-order valence-electron chi connectivity index (χ3n) is 9.64. The molecule has 2 aromatic heterocycles. The second kappa shape index (κ2) is 18.4. The minimum atomic E-state index is -1.98. The molecule has 1 atom stereocenters. The van der Waals surface area contributed by atoms with E-state index >= 15 is 0 Å². The van der Waals surface area contributed by atoms with E-state index in [9.17, 15) is 14.7 Å². The summed E-state index contributed by atoms with van der Waals surface area (Å²) in [5.41, 5.74) is 5.58. The molecule has 0 aliphatic heterocycles. The van der Waals surface area contributed by atoms with Crippen LogP contribution in [0.4, 0.5) is 4.79 Å². The number of aromatic nitrogens is 3. The van der Waals surface area contributed by atoms with E-state index in [1.54, 1.807) is 44.8 Å². The highest BCUT2D eigenvalue weighted by Crippen LogP contribution is 2.38.